The van der Waals surface area contributed by atoms with E-state index in [1.54, 1.807) is 0 Å². The zero-order chi connectivity index (χ0) is 12.8. The first-order valence-corrected chi connectivity index (χ1v) is 7.53. The molecule has 0 heterocycles. The number of nitrogens with one attached hydrogen (secondary N) is 1. The smallest absolute Gasteiger partial charge is 0.0105 e. The molecule has 1 fully saturated rings. The molecule has 1 saturated carbocycles. The highest BCUT2D eigenvalue weighted by atomic mass is 15.1. The van der Waals surface area contributed by atoms with Gasteiger partial charge in [0.15, 0.2) is 0 Å². The van der Waals surface area contributed by atoms with Crippen LogP contribution in [0.5, 0.6) is 0 Å². The Hall–Kier alpha value is -0.0800. The molecule has 0 bridgehead atoms. The summed E-state index contributed by atoms with van der Waals surface area (Å²) in [6, 6.07) is 1.42. The average Bonchev–Trinajstić information content (AvgIpc) is 2.35. The maximum absolute atomic E-state index is 3.54. The van der Waals surface area contributed by atoms with Crippen molar-refractivity contribution < 1.29 is 0 Å². The Morgan fingerprint density at radius 2 is 1.94 bits per heavy atom. The zero-order valence-electron chi connectivity index (χ0n) is 12.5. The van der Waals surface area contributed by atoms with Crippen LogP contribution in [0.1, 0.15) is 53.4 Å². The molecule has 0 aliphatic heterocycles. The van der Waals surface area contributed by atoms with Gasteiger partial charge in [-0.05, 0) is 58.5 Å². The maximum atomic E-state index is 3.54. The van der Waals surface area contributed by atoms with Gasteiger partial charge in [0, 0.05) is 18.6 Å². The summed E-state index contributed by atoms with van der Waals surface area (Å²) in [5.41, 5.74) is 0. The van der Waals surface area contributed by atoms with Crippen LogP contribution in [0.2, 0.25) is 0 Å². The molecular weight excluding hydrogens is 208 g/mol. The van der Waals surface area contributed by atoms with Gasteiger partial charge in [-0.15, -0.1) is 0 Å². The van der Waals surface area contributed by atoms with Gasteiger partial charge >= 0.3 is 0 Å². The molecule has 0 aromatic heterocycles. The van der Waals surface area contributed by atoms with Crippen molar-refractivity contribution >= 4 is 0 Å². The normalized spacial score (nSPS) is 30.2. The third kappa shape index (κ3) is 4.26. The summed E-state index contributed by atoms with van der Waals surface area (Å²) in [5.74, 6) is 1.82. The quantitative estimate of drug-likeness (QED) is 0.767. The molecule has 1 aliphatic rings. The van der Waals surface area contributed by atoms with Crippen molar-refractivity contribution in [1.82, 2.24) is 10.2 Å². The van der Waals surface area contributed by atoms with E-state index in [0.717, 1.165) is 17.9 Å². The molecule has 1 N–H and O–H groups in total. The van der Waals surface area contributed by atoms with Crippen molar-refractivity contribution in [2.45, 2.75) is 65.5 Å². The highest BCUT2D eigenvalue weighted by molar-refractivity contribution is 4.86. The van der Waals surface area contributed by atoms with Crippen LogP contribution in [0.25, 0.3) is 0 Å². The Bertz CT molecular complexity index is 203. The van der Waals surface area contributed by atoms with Gasteiger partial charge in [0.25, 0.3) is 0 Å². The predicted octanol–water partition coefficient (Wildman–Crippen LogP) is 3.13. The fraction of sp³-hybridized carbons (Fsp3) is 1.00. The molecule has 0 saturated heterocycles. The van der Waals surface area contributed by atoms with Gasteiger partial charge in [0.05, 0.1) is 0 Å². The number of hydrogen-bond donors (Lipinski definition) is 1. The lowest BCUT2D eigenvalue weighted by atomic mass is 9.76. The summed E-state index contributed by atoms with van der Waals surface area (Å²) >= 11 is 0. The van der Waals surface area contributed by atoms with Crippen LogP contribution in [0.3, 0.4) is 0 Å². The Labute approximate surface area is 108 Å². The summed E-state index contributed by atoms with van der Waals surface area (Å²) in [4.78, 5) is 2.62. The second kappa shape index (κ2) is 7.38. The van der Waals surface area contributed by atoms with Gasteiger partial charge in [-0.2, -0.15) is 0 Å². The summed E-state index contributed by atoms with van der Waals surface area (Å²) in [6.45, 7) is 11.7. The van der Waals surface area contributed by atoms with Crippen molar-refractivity contribution in [2.24, 2.45) is 11.8 Å². The third-order valence-electron chi connectivity index (χ3n) is 4.64. The number of nitrogens with zero attached hydrogens (tertiary/aromatic N) is 1. The topological polar surface area (TPSA) is 15.3 Å². The molecule has 0 spiro atoms. The lowest BCUT2D eigenvalue weighted by molar-refractivity contribution is 0.126. The van der Waals surface area contributed by atoms with Gasteiger partial charge in [0.2, 0.25) is 0 Å². The lowest BCUT2D eigenvalue weighted by Gasteiger charge is -2.39. The fourth-order valence-electron chi connectivity index (χ4n) is 3.32. The molecule has 0 aromatic rings. The van der Waals surface area contributed by atoms with Crippen LogP contribution >= 0.6 is 0 Å². The molecule has 0 aromatic carbocycles. The minimum absolute atomic E-state index is 0.680. The first-order chi connectivity index (χ1) is 8.12. The van der Waals surface area contributed by atoms with Gasteiger partial charge in [-0.1, -0.05) is 20.3 Å². The van der Waals surface area contributed by atoms with Crippen molar-refractivity contribution in [2.75, 3.05) is 20.1 Å². The van der Waals surface area contributed by atoms with Crippen molar-refractivity contribution in [3.8, 4) is 0 Å². The standard InChI is InChI=1S/C15H32N2/c1-6-13-8-9-15(16-5)14(10-13)11-17(7-2)12(3)4/h12-16H,6-11H2,1-5H3. The molecule has 102 valence electrons. The van der Waals surface area contributed by atoms with E-state index in [-0.39, 0.29) is 0 Å². The Kier molecular flexibility index (Phi) is 6.50. The molecule has 1 aliphatic carbocycles. The van der Waals surface area contributed by atoms with E-state index in [0.29, 0.717) is 6.04 Å². The summed E-state index contributed by atoms with van der Waals surface area (Å²) in [6.07, 6.45) is 5.58. The van der Waals surface area contributed by atoms with Gasteiger partial charge < -0.3 is 10.2 Å². The van der Waals surface area contributed by atoms with E-state index in [2.05, 4.69) is 45.0 Å². The molecule has 1 rings (SSSR count). The third-order valence-corrected chi connectivity index (χ3v) is 4.64. The molecular formula is C15H32N2. The van der Waals surface area contributed by atoms with Gasteiger partial charge in [0.1, 0.15) is 0 Å². The first kappa shape index (κ1) is 15.0. The number of rotatable bonds is 6. The molecule has 17 heavy (non-hydrogen) atoms. The highest BCUT2D eigenvalue weighted by Crippen LogP contribution is 2.32. The van der Waals surface area contributed by atoms with Crippen molar-refractivity contribution in [3.05, 3.63) is 0 Å². The highest BCUT2D eigenvalue weighted by Gasteiger charge is 2.30. The van der Waals surface area contributed by atoms with Crippen LogP contribution in [-0.4, -0.2) is 37.1 Å². The SMILES string of the molecule is CCC1CCC(NC)C(CN(CC)C(C)C)C1. The van der Waals surface area contributed by atoms with E-state index >= 15 is 0 Å². The Balaban J connectivity index is 2.56. The second-order valence-electron chi connectivity index (χ2n) is 5.92. The minimum atomic E-state index is 0.680. The first-order valence-electron chi connectivity index (χ1n) is 7.53. The van der Waals surface area contributed by atoms with Crippen LogP contribution in [0, 0.1) is 11.8 Å². The molecule has 2 nitrogen and oxygen atoms in total. The van der Waals surface area contributed by atoms with Crippen LogP contribution in [-0.2, 0) is 0 Å². The summed E-state index contributed by atoms with van der Waals surface area (Å²) in [5, 5.41) is 3.54. The fourth-order valence-corrected chi connectivity index (χ4v) is 3.32. The van der Waals surface area contributed by atoms with Crippen LogP contribution in [0.4, 0.5) is 0 Å². The molecule has 0 radical (unpaired) electrons. The maximum Gasteiger partial charge on any atom is 0.0105 e. The second-order valence-corrected chi connectivity index (χ2v) is 5.92. The largest absolute Gasteiger partial charge is 0.317 e. The summed E-state index contributed by atoms with van der Waals surface area (Å²) < 4.78 is 0. The van der Waals surface area contributed by atoms with E-state index in [4.69, 9.17) is 0 Å². The van der Waals surface area contributed by atoms with Crippen LogP contribution in [0.15, 0.2) is 0 Å². The number of hydrogen-bond acceptors (Lipinski definition) is 2. The Morgan fingerprint density at radius 3 is 2.41 bits per heavy atom. The van der Waals surface area contributed by atoms with E-state index in [1.165, 1.54) is 38.8 Å². The van der Waals surface area contributed by atoms with E-state index in [9.17, 15) is 0 Å². The molecule has 3 unspecified atom stereocenters. The van der Waals surface area contributed by atoms with Gasteiger partial charge in [-0.3, -0.25) is 0 Å². The molecule has 3 atom stereocenters. The van der Waals surface area contributed by atoms with Crippen molar-refractivity contribution in [1.29, 1.82) is 0 Å². The predicted molar refractivity (Wildman–Crippen MR) is 76.4 cm³/mol. The van der Waals surface area contributed by atoms with Gasteiger partial charge in [-0.25, -0.2) is 0 Å². The molecule has 0 amide bonds. The Morgan fingerprint density at radius 1 is 1.24 bits per heavy atom. The van der Waals surface area contributed by atoms with E-state index < -0.39 is 0 Å². The lowest BCUT2D eigenvalue weighted by Crippen LogP contribution is -2.46. The monoisotopic (exact) mass is 240 g/mol. The molecule has 2 heteroatoms. The van der Waals surface area contributed by atoms with E-state index in [1.807, 2.05) is 0 Å². The van der Waals surface area contributed by atoms with Crippen LogP contribution < -0.4 is 5.32 Å². The average molecular weight is 240 g/mol. The zero-order valence-corrected chi connectivity index (χ0v) is 12.5. The van der Waals surface area contributed by atoms with Crippen molar-refractivity contribution in [3.63, 3.8) is 0 Å². The minimum Gasteiger partial charge on any atom is -0.317 e. The summed E-state index contributed by atoms with van der Waals surface area (Å²) in [7, 11) is 2.13.